The highest BCUT2D eigenvalue weighted by Crippen LogP contribution is 2.10. The van der Waals surface area contributed by atoms with E-state index in [1.807, 2.05) is 18.3 Å². The van der Waals surface area contributed by atoms with Crippen LogP contribution in [0.2, 0.25) is 0 Å². The van der Waals surface area contributed by atoms with E-state index in [0.717, 1.165) is 24.5 Å². The molecule has 6 heteroatoms. The molecule has 0 aliphatic rings. The van der Waals surface area contributed by atoms with Crippen molar-refractivity contribution in [3.63, 3.8) is 0 Å². The zero-order chi connectivity index (χ0) is 15.9. The molecular formula is C17H26IN5. The summed E-state index contributed by atoms with van der Waals surface area (Å²) in [4.78, 5) is 8.72. The molecule has 0 saturated carbocycles. The van der Waals surface area contributed by atoms with E-state index >= 15 is 0 Å². The van der Waals surface area contributed by atoms with Gasteiger partial charge in [-0.25, -0.2) is 9.98 Å². The van der Waals surface area contributed by atoms with Crippen molar-refractivity contribution < 1.29 is 0 Å². The van der Waals surface area contributed by atoms with E-state index in [1.54, 1.807) is 6.20 Å². The molecule has 0 spiro atoms. The van der Waals surface area contributed by atoms with Crippen LogP contribution in [-0.2, 0) is 19.5 Å². The summed E-state index contributed by atoms with van der Waals surface area (Å²) in [5.41, 5.74) is 8.20. The molecule has 23 heavy (non-hydrogen) atoms. The summed E-state index contributed by atoms with van der Waals surface area (Å²) < 4.78 is 2.12. The minimum absolute atomic E-state index is 0. The Morgan fingerprint density at radius 2 is 2.00 bits per heavy atom. The summed E-state index contributed by atoms with van der Waals surface area (Å²) in [6, 6.07) is 8.21. The fourth-order valence-corrected chi connectivity index (χ4v) is 2.22. The maximum absolute atomic E-state index is 5.95. The van der Waals surface area contributed by atoms with Crippen molar-refractivity contribution in [1.82, 2.24) is 9.55 Å². The van der Waals surface area contributed by atoms with Crippen molar-refractivity contribution in [2.24, 2.45) is 16.6 Å². The van der Waals surface area contributed by atoms with Crippen LogP contribution >= 0.6 is 24.0 Å². The lowest BCUT2D eigenvalue weighted by atomic mass is 10.1. The number of imidazole rings is 1. The molecule has 1 heterocycles. The zero-order valence-electron chi connectivity index (χ0n) is 14.0. The van der Waals surface area contributed by atoms with Crippen LogP contribution in [0.4, 0.5) is 5.69 Å². The highest BCUT2D eigenvalue weighted by atomic mass is 127. The average molecular weight is 427 g/mol. The number of nitrogens with two attached hydrogens (primary N) is 1. The Bertz CT molecular complexity index is 616. The molecule has 1 aromatic heterocycles. The lowest BCUT2D eigenvalue weighted by Crippen LogP contribution is -2.23. The smallest absolute Gasteiger partial charge is 0.193 e. The van der Waals surface area contributed by atoms with Crippen LogP contribution < -0.4 is 11.1 Å². The van der Waals surface area contributed by atoms with Crippen LogP contribution in [0.5, 0.6) is 0 Å². The van der Waals surface area contributed by atoms with Gasteiger partial charge in [0.25, 0.3) is 0 Å². The Labute approximate surface area is 155 Å². The number of halogens is 1. The Morgan fingerprint density at radius 3 is 2.61 bits per heavy atom. The summed E-state index contributed by atoms with van der Waals surface area (Å²) in [5.74, 6) is 1.91. The second-order valence-corrected chi connectivity index (χ2v) is 5.77. The van der Waals surface area contributed by atoms with Crippen LogP contribution in [0.25, 0.3) is 0 Å². The van der Waals surface area contributed by atoms with E-state index in [0.29, 0.717) is 18.4 Å². The minimum Gasteiger partial charge on any atom is -0.370 e. The van der Waals surface area contributed by atoms with Gasteiger partial charge in [-0.1, -0.05) is 32.9 Å². The molecule has 0 unspecified atom stereocenters. The van der Waals surface area contributed by atoms with Crippen molar-refractivity contribution in [2.45, 2.75) is 40.3 Å². The van der Waals surface area contributed by atoms with Gasteiger partial charge in [0.1, 0.15) is 12.4 Å². The Balaban J connectivity index is 0.00000264. The number of nitrogens with one attached hydrogen (secondary N) is 1. The van der Waals surface area contributed by atoms with Crippen molar-refractivity contribution in [3.05, 3.63) is 48.0 Å². The number of rotatable bonds is 6. The average Bonchev–Trinajstić information content (AvgIpc) is 2.92. The van der Waals surface area contributed by atoms with Gasteiger partial charge in [0.2, 0.25) is 0 Å². The monoisotopic (exact) mass is 427 g/mol. The molecule has 0 aliphatic heterocycles. The van der Waals surface area contributed by atoms with Crippen molar-refractivity contribution >= 4 is 35.6 Å². The van der Waals surface area contributed by atoms with Gasteiger partial charge in [-0.3, -0.25) is 0 Å². The van der Waals surface area contributed by atoms with Crippen molar-refractivity contribution in [2.75, 3.05) is 5.32 Å². The Morgan fingerprint density at radius 1 is 1.30 bits per heavy atom. The molecule has 3 N–H and O–H groups in total. The number of hydrogen-bond donors (Lipinski definition) is 2. The molecule has 0 saturated heterocycles. The topological polar surface area (TPSA) is 68.2 Å². The maximum atomic E-state index is 5.95. The van der Waals surface area contributed by atoms with Gasteiger partial charge in [0.15, 0.2) is 5.96 Å². The molecular weight excluding hydrogens is 401 g/mol. The van der Waals surface area contributed by atoms with Crippen molar-refractivity contribution in [1.29, 1.82) is 0 Å². The largest absolute Gasteiger partial charge is 0.370 e. The first-order valence-electron chi connectivity index (χ1n) is 7.74. The second kappa shape index (κ2) is 9.54. The zero-order valence-corrected chi connectivity index (χ0v) is 16.3. The molecule has 126 valence electrons. The van der Waals surface area contributed by atoms with Gasteiger partial charge in [-0.2, -0.15) is 0 Å². The third-order valence-electron chi connectivity index (χ3n) is 3.39. The van der Waals surface area contributed by atoms with Gasteiger partial charge < -0.3 is 15.6 Å². The standard InChI is InChI=1S/C17H25N5.HI/c1-4-14-5-7-15(8-6-14)21-17(18)20-11-16-19-9-10-22(16)12-13(2)3;/h5-10,13H,4,11-12H2,1-3H3,(H3,18,20,21);1H. The first kappa shape index (κ1) is 19.5. The van der Waals surface area contributed by atoms with E-state index < -0.39 is 0 Å². The van der Waals surface area contributed by atoms with Crippen LogP contribution in [-0.4, -0.2) is 15.5 Å². The van der Waals surface area contributed by atoms with E-state index in [2.05, 4.69) is 52.8 Å². The summed E-state index contributed by atoms with van der Waals surface area (Å²) in [5, 5.41) is 3.11. The molecule has 0 bridgehead atoms. The molecule has 0 atom stereocenters. The second-order valence-electron chi connectivity index (χ2n) is 5.77. The fourth-order valence-electron chi connectivity index (χ4n) is 2.22. The Kier molecular flexibility index (Phi) is 8.08. The number of aryl methyl sites for hydroxylation is 1. The van der Waals surface area contributed by atoms with Gasteiger partial charge in [0, 0.05) is 24.6 Å². The number of aliphatic imine (C=N–C) groups is 1. The number of benzene rings is 1. The highest BCUT2D eigenvalue weighted by molar-refractivity contribution is 14.0. The van der Waals surface area contributed by atoms with E-state index in [9.17, 15) is 0 Å². The number of nitrogens with zero attached hydrogens (tertiary/aromatic N) is 3. The predicted octanol–water partition coefficient (Wildman–Crippen LogP) is 3.65. The lowest BCUT2D eigenvalue weighted by molar-refractivity contribution is 0.507. The van der Waals surface area contributed by atoms with E-state index in [4.69, 9.17) is 5.73 Å². The van der Waals surface area contributed by atoms with Gasteiger partial charge in [0.05, 0.1) is 0 Å². The van der Waals surface area contributed by atoms with Crippen molar-refractivity contribution in [3.8, 4) is 0 Å². The van der Waals surface area contributed by atoms with E-state index in [1.165, 1.54) is 5.56 Å². The Hall–Kier alpha value is -1.57. The molecule has 5 nitrogen and oxygen atoms in total. The van der Waals surface area contributed by atoms with Crippen LogP contribution in [0.15, 0.2) is 41.7 Å². The highest BCUT2D eigenvalue weighted by Gasteiger charge is 2.04. The summed E-state index contributed by atoms with van der Waals surface area (Å²) >= 11 is 0. The first-order chi connectivity index (χ1) is 10.6. The van der Waals surface area contributed by atoms with Gasteiger partial charge in [-0.05, 0) is 30.0 Å². The molecule has 0 radical (unpaired) electrons. The summed E-state index contributed by atoms with van der Waals surface area (Å²) in [6.45, 7) is 7.92. The number of anilines is 1. The minimum atomic E-state index is 0. The summed E-state index contributed by atoms with van der Waals surface area (Å²) in [6.07, 6.45) is 4.82. The van der Waals surface area contributed by atoms with E-state index in [-0.39, 0.29) is 24.0 Å². The third-order valence-corrected chi connectivity index (χ3v) is 3.39. The SMILES string of the molecule is CCc1ccc(NC(N)=NCc2nccn2CC(C)C)cc1.I. The molecule has 2 rings (SSSR count). The van der Waals surface area contributed by atoms with Crippen LogP contribution in [0, 0.1) is 5.92 Å². The number of hydrogen-bond acceptors (Lipinski definition) is 2. The van der Waals surface area contributed by atoms with Gasteiger partial charge >= 0.3 is 0 Å². The molecule has 2 aromatic rings. The lowest BCUT2D eigenvalue weighted by Gasteiger charge is -2.10. The molecule has 1 aromatic carbocycles. The third kappa shape index (κ3) is 6.21. The maximum Gasteiger partial charge on any atom is 0.193 e. The normalized spacial score (nSPS) is 11.4. The number of aromatic nitrogens is 2. The quantitative estimate of drug-likeness (QED) is 0.420. The molecule has 0 aliphatic carbocycles. The molecule has 0 amide bonds. The fraction of sp³-hybridized carbons (Fsp3) is 0.412. The first-order valence-corrected chi connectivity index (χ1v) is 7.74. The predicted molar refractivity (Wildman–Crippen MR) is 107 cm³/mol. The molecule has 0 fully saturated rings. The van der Waals surface area contributed by atoms with Gasteiger partial charge in [-0.15, -0.1) is 24.0 Å². The number of guanidine groups is 1. The van der Waals surface area contributed by atoms with Crippen LogP contribution in [0.1, 0.15) is 32.2 Å². The van der Waals surface area contributed by atoms with Crippen LogP contribution in [0.3, 0.4) is 0 Å². The summed E-state index contributed by atoms with van der Waals surface area (Å²) in [7, 11) is 0.